The number of hydrogen-bond donors (Lipinski definition) is 0. The van der Waals surface area contributed by atoms with Crippen LogP contribution >= 0.6 is 0 Å². The van der Waals surface area contributed by atoms with Crippen LogP contribution in [0.5, 0.6) is 5.75 Å². The third-order valence-corrected chi connectivity index (χ3v) is 4.42. The van der Waals surface area contributed by atoms with Crippen LogP contribution in [-0.2, 0) is 4.74 Å². The lowest BCUT2D eigenvalue weighted by atomic mass is 10.1. The van der Waals surface area contributed by atoms with Crippen LogP contribution < -0.4 is 9.64 Å². The molecule has 0 radical (unpaired) electrons. The summed E-state index contributed by atoms with van der Waals surface area (Å²) >= 11 is 0. The highest BCUT2D eigenvalue weighted by Gasteiger charge is 2.26. The molecule has 1 fully saturated rings. The predicted molar refractivity (Wildman–Crippen MR) is 106 cm³/mol. The summed E-state index contributed by atoms with van der Waals surface area (Å²) in [5.41, 5.74) is 3.22. The lowest BCUT2D eigenvalue weighted by molar-refractivity contribution is 0.0998. The number of carbonyl (C=O) groups is 1. The number of hydrogen-bond acceptors (Lipinski definition) is 3. The van der Waals surface area contributed by atoms with Crippen molar-refractivity contribution >= 4 is 17.3 Å². The van der Waals surface area contributed by atoms with Crippen LogP contribution in [0.3, 0.4) is 0 Å². The molecule has 0 saturated carbocycles. The fourth-order valence-corrected chi connectivity index (χ4v) is 2.92. The molecule has 0 bridgehead atoms. The lowest BCUT2D eigenvalue weighted by Crippen LogP contribution is -2.26. The molecule has 1 saturated heterocycles. The van der Waals surface area contributed by atoms with Crippen molar-refractivity contribution < 1.29 is 14.3 Å². The Bertz CT molecular complexity index is 921. The molecule has 1 heterocycles. The van der Waals surface area contributed by atoms with Gasteiger partial charge in [-0.15, -0.1) is 0 Å². The molecule has 27 heavy (non-hydrogen) atoms. The molecule has 4 heteroatoms. The Morgan fingerprint density at radius 3 is 2.37 bits per heavy atom. The summed E-state index contributed by atoms with van der Waals surface area (Å²) in [5.74, 6) is 0.580. The first kappa shape index (κ1) is 17.3. The van der Waals surface area contributed by atoms with E-state index in [2.05, 4.69) is 0 Å². The molecule has 4 nitrogen and oxygen atoms in total. The van der Waals surface area contributed by atoms with E-state index >= 15 is 0 Å². The van der Waals surface area contributed by atoms with E-state index in [0.29, 0.717) is 17.9 Å². The first-order valence-electron chi connectivity index (χ1n) is 9.02. The first-order chi connectivity index (χ1) is 13.2. The summed E-state index contributed by atoms with van der Waals surface area (Å²) in [6.45, 7) is 3.22. The number of carbonyl (C=O) groups excluding carboxylic acids is 1. The number of epoxide rings is 1. The quantitative estimate of drug-likeness (QED) is 0.597. The first-order valence-corrected chi connectivity index (χ1v) is 9.02. The van der Waals surface area contributed by atoms with Gasteiger partial charge in [-0.3, -0.25) is 9.69 Å². The number of nitrogens with zero attached hydrogens (tertiary/aromatic N) is 1. The van der Waals surface area contributed by atoms with Crippen molar-refractivity contribution in [3.63, 3.8) is 0 Å². The van der Waals surface area contributed by atoms with E-state index in [4.69, 9.17) is 9.47 Å². The van der Waals surface area contributed by atoms with Gasteiger partial charge in [0.15, 0.2) is 0 Å². The van der Waals surface area contributed by atoms with Crippen molar-refractivity contribution in [2.24, 2.45) is 0 Å². The Kier molecular flexibility index (Phi) is 4.90. The summed E-state index contributed by atoms with van der Waals surface area (Å²) in [6, 6.07) is 24.8. The summed E-state index contributed by atoms with van der Waals surface area (Å²) in [5, 5.41) is 0. The second-order valence-electron chi connectivity index (χ2n) is 6.58. The minimum atomic E-state index is -0.0989. The molecule has 1 aliphatic rings. The molecule has 3 aromatic rings. The van der Waals surface area contributed by atoms with Crippen LogP contribution in [0.1, 0.15) is 15.9 Å². The van der Waals surface area contributed by atoms with Gasteiger partial charge in [-0.25, -0.2) is 0 Å². The average molecular weight is 359 g/mol. The van der Waals surface area contributed by atoms with Crippen LogP contribution in [0.2, 0.25) is 0 Å². The van der Waals surface area contributed by atoms with Gasteiger partial charge < -0.3 is 9.47 Å². The highest BCUT2D eigenvalue weighted by atomic mass is 16.6. The van der Waals surface area contributed by atoms with Crippen molar-refractivity contribution in [3.05, 3.63) is 90.0 Å². The summed E-state index contributed by atoms with van der Waals surface area (Å²) in [7, 11) is 0. The van der Waals surface area contributed by atoms with Gasteiger partial charge in [0.25, 0.3) is 5.91 Å². The molecule has 3 aromatic carbocycles. The Balaban J connectivity index is 1.77. The van der Waals surface area contributed by atoms with Gasteiger partial charge in [-0.2, -0.15) is 0 Å². The predicted octanol–water partition coefficient (Wildman–Crippen LogP) is 4.75. The second kappa shape index (κ2) is 7.64. The number of amides is 1. The van der Waals surface area contributed by atoms with E-state index in [1.54, 1.807) is 4.90 Å². The number of ether oxygens (including phenoxy) is 2. The lowest BCUT2D eigenvalue weighted by Gasteiger charge is -2.25. The van der Waals surface area contributed by atoms with Gasteiger partial charge in [0.1, 0.15) is 18.5 Å². The topological polar surface area (TPSA) is 42.1 Å². The number of rotatable bonds is 6. The van der Waals surface area contributed by atoms with Crippen molar-refractivity contribution in [1.82, 2.24) is 0 Å². The minimum Gasteiger partial charge on any atom is -0.489 e. The van der Waals surface area contributed by atoms with Gasteiger partial charge in [0.05, 0.1) is 12.3 Å². The average Bonchev–Trinajstić information content (AvgIpc) is 3.54. The monoisotopic (exact) mass is 359 g/mol. The van der Waals surface area contributed by atoms with E-state index in [0.717, 1.165) is 23.5 Å². The fourth-order valence-electron chi connectivity index (χ4n) is 2.92. The maximum atomic E-state index is 13.4. The Morgan fingerprint density at radius 2 is 1.70 bits per heavy atom. The second-order valence-corrected chi connectivity index (χ2v) is 6.58. The Labute approximate surface area is 159 Å². The van der Waals surface area contributed by atoms with Crippen molar-refractivity contribution in [2.75, 3.05) is 18.1 Å². The molecule has 0 aliphatic carbocycles. The van der Waals surface area contributed by atoms with Crippen LogP contribution in [0, 0.1) is 6.92 Å². The molecule has 1 aliphatic heterocycles. The highest BCUT2D eigenvalue weighted by molar-refractivity contribution is 6.11. The maximum Gasteiger partial charge on any atom is 0.262 e. The zero-order chi connectivity index (χ0) is 18.6. The van der Waals surface area contributed by atoms with Crippen molar-refractivity contribution in [1.29, 1.82) is 0 Å². The third kappa shape index (κ3) is 4.01. The zero-order valence-corrected chi connectivity index (χ0v) is 15.2. The summed E-state index contributed by atoms with van der Waals surface area (Å²) in [4.78, 5) is 15.1. The van der Waals surface area contributed by atoms with Gasteiger partial charge >= 0.3 is 0 Å². The van der Waals surface area contributed by atoms with E-state index < -0.39 is 0 Å². The number of anilines is 2. The van der Waals surface area contributed by atoms with E-state index in [9.17, 15) is 4.79 Å². The smallest absolute Gasteiger partial charge is 0.262 e. The minimum absolute atomic E-state index is 0.0989. The van der Waals surface area contributed by atoms with Gasteiger partial charge in [0, 0.05) is 11.3 Å². The molecular formula is C23H21NO3. The van der Waals surface area contributed by atoms with Crippen molar-refractivity contribution in [2.45, 2.75) is 13.0 Å². The molecular weight excluding hydrogens is 338 g/mol. The standard InChI is InChI=1S/C23H21NO3/c1-17-12-13-21(22(14-17)27-16-20-15-26-20)24(19-10-6-3-7-11-19)23(25)18-8-4-2-5-9-18/h2-14,20H,15-16H2,1H3. The van der Waals surface area contributed by atoms with E-state index in [1.807, 2.05) is 85.8 Å². The van der Waals surface area contributed by atoms with Crippen LogP contribution in [-0.4, -0.2) is 25.2 Å². The summed E-state index contributed by atoms with van der Waals surface area (Å²) in [6.07, 6.45) is 0.147. The van der Waals surface area contributed by atoms with Gasteiger partial charge in [0.2, 0.25) is 0 Å². The Hall–Kier alpha value is -3.11. The van der Waals surface area contributed by atoms with Crippen LogP contribution in [0.25, 0.3) is 0 Å². The SMILES string of the molecule is Cc1ccc(N(C(=O)c2ccccc2)c2ccccc2)c(OCC2CO2)c1. The summed E-state index contributed by atoms with van der Waals surface area (Å²) < 4.78 is 11.3. The molecule has 1 unspecified atom stereocenters. The van der Waals surface area contributed by atoms with Crippen LogP contribution in [0.15, 0.2) is 78.9 Å². The molecule has 1 atom stereocenters. The molecule has 1 amide bonds. The molecule has 0 spiro atoms. The largest absolute Gasteiger partial charge is 0.489 e. The number of benzene rings is 3. The fraction of sp³-hybridized carbons (Fsp3) is 0.174. The molecule has 4 rings (SSSR count). The van der Waals surface area contributed by atoms with Gasteiger partial charge in [-0.1, -0.05) is 42.5 Å². The highest BCUT2D eigenvalue weighted by Crippen LogP contribution is 2.36. The van der Waals surface area contributed by atoms with E-state index in [-0.39, 0.29) is 12.0 Å². The van der Waals surface area contributed by atoms with Gasteiger partial charge in [-0.05, 0) is 48.9 Å². The molecule has 0 aromatic heterocycles. The third-order valence-electron chi connectivity index (χ3n) is 4.42. The Morgan fingerprint density at radius 1 is 1.04 bits per heavy atom. The normalized spacial score (nSPS) is 15.2. The maximum absolute atomic E-state index is 13.4. The number of aryl methyl sites for hydroxylation is 1. The zero-order valence-electron chi connectivity index (χ0n) is 15.2. The molecule has 136 valence electrons. The van der Waals surface area contributed by atoms with Crippen molar-refractivity contribution in [3.8, 4) is 5.75 Å². The molecule has 0 N–H and O–H groups in total. The van der Waals surface area contributed by atoms with Crippen LogP contribution in [0.4, 0.5) is 11.4 Å². The number of para-hydroxylation sites is 1. The van der Waals surface area contributed by atoms with E-state index in [1.165, 1.54) is 0 Å².